The van der Waals surface area contributed by atoms with Gasteiger partial charge in [-0.2, -0.15) is 0 Å². The molecule has 1 amide bonds. The van der Waals surface area contributed by atoms with Gasteiger partial charge >= 0.3 is 6.09 Å². The van der Waals surface area contributed by atoms with Gasteiger partial charge in [-0.3, -0.25) is 10.1 Å². The van der Waals surface area contributed by atoms with Gasteiger partial charge in [-0.05, 0) is 5.56 Å². The highest BCUT2D eigenvalue weighted by atomic mass is 16.6. The number of nitrogens with zero attached hydrogens (tertiary/aromatic N) is 2. The van der Waals surface area contributed by atoms with Crippen molar-refractivity contribution < 1.29 is 19.6 Å². The van der Waals surface area contributed by atoms with E-state index in [0.29, 0.717) is 19.5 Å². The van der Waals surface area contributed by atoms with E-state index in [0.717, 1.165) is 5.56 Å². The number of piperidine rings is 1. The van der Waals surface area contributed by atoms with Crippen molar-refractivity contribution in [2.75, 3.05) is 13.1 Å². The van der Waals surface area contributed by atoms with Crippen molar-refractivity contribution in [3.63, 3.8) is 0 Å². The maximum Gasteiger partial charge on any atom is 0.407 e. The van der Waals surface area contributed by atoms with Crippen LogP contribution in [-0.2, 0) is 10.3 Å². The summed E-state index contributed by atoms with van der Waals surface area (Å²) in [6.07, 6.45) is -0.618. The lowest BCUT2D eigenvalue weighted by Gasteiger charge is -2.26. The Morgan fingerprint density at radius 2 is 2.37 bits per heavy atom. The Morgan fingerprint density at radius 3 is 3.00 bits per heavy atom. The zero-order valence-electron chi connectivity index (χ0n) is 9.98. The van der Waals surface area contributed by atoms with Gasteiger partial charge in [0, 0.05) is 25.1 Å². The van der Waals surface area contributed by atoms with Gasteiger partial charge in [0.25, 0.3) is 5.69 Å². The fraction of sp³-hybridized carbons (Fsp3) is 0.417. The summed E-state index contributed by atoms with van der Waals surface area (Å²) < 4.78 is 5.64. The average molecular weight is 264 g/mol. The Hall–Kier alpha value is -2.15. The van der Waals surface area contributed by atoms with Gasteiger partial charge in [-0.25, -0.2) is 4.79 Å². The van der Waals surface area contributed by atoms with E-state index in [1.54, 1.807) is 12.1 Å². The van der Waals surface area contributed by atoms with Gasteiger partial charge in [-0.15, -0.1) is 0 Å². The van der Waals surface area contributed by atoms with Gasteiger partial charge in [0.05, 0.1) is 11.5 Å². The molecule has 0 radical (unpaired) electrons. The first kappa shape index (κ1) is 11.9. The molecule has 1 aromatic rings. The molecule has 3 rings (SSSR count). The first-order chi connectivity index (χ1) is 9.03. The van der Waals surface area contributed by atoms with Crippen LogP contribution in [0.1, 0.15) is 12.0 Å². The molecule has 1 N–H and O–H groups in total. The highest BCUT2D eigenvalue weighted by Crippen LogP contribution is 2.52. The molecule has 7 heteroatoms. The second-order valence-electron chi connectivity index (χ2n) is 4.78. The van der Waals surface area contributed by atoms with Crippen molar-refractivity contribution in [3.8, 4) is 0 Å². The van der Waals surface area contributed by atoms with E-state index in [2.05, 4.69) is 0 Å². The number of nitro benzene ring substituents is 1. The molecule has 0 spiro atoms. The lowest BCUT2D eigenvalue weighted by Crippen LogP contribution is -2.41. The topological polar surface area (TPSA) is 96.2 Å². The second kappa shape index (κ2) is 3.92. The fourth-order valence-electron chi connectivity index (χ4n) is 2.67. The number of benzene rings is 1. The van der Waals surface area contributed by atoms with Crippen molar-refractivity contribution >= 4 is 11.8 Å². The van der Waals surface area contributed by atoms with Crippen LogP contribution in [0.25, 0.3) is 0 Å². The molecule has 7 nitrogen and oxygen atoms in total. The molecule has 0 bridgehead atoms. The zero-order chi connectivity index (χ0) is 13.6. The molecule has 2 fully saturated rings. The number of epoxide rings is 1. The highest BCUT2D eigenvalue weighted by molar-refractivity contribution is 5.65. The SMILES string of the molecule is O=C(O)N1CCC2(c3cccc([N+](=O)[O-])c3)OC2C1. The number of rotatable bonds is 2. The molecule has 0 aromatic heterocycles. The van der Waals surface area contributed by atoms with Gasteiger partial charge in [-0.1, -0.05) is 12.1 Å². The van der Waals surface area contributed by atoms with Crippen LogP contribution in [0.3, 0.4) is 0 Å². The lowest BCUT2D eigenvalue weighted by molar-refractivity contribution is -0.385. The van der Waals surface area contributed by atoms with Gasteiger partial charge in [0.1, 0.15) is 11.7 Å². The Labute approximate surface area is 108 Å². The molecular formula is C12H12N2O5. The molecule has 2 atom stereocenters. The van der Waals surface area contributed by atoms with E-state index < -0.39 is 16.6 Å². The molecule has 2 saturated heterocycles. The number of amides is 1. The van der Waals surface area contributed by atoms with Crippen LogP contribution in [-0.4, -0.2) is 40.2 Å². The minimum atomic E-state index is -0.955. The first-order valence-electron chi connectivity index (χ1n) is 5.93. The van der Waals surface area contributed by atoms with E-state index in [9.17, 15) is 14.9 Å². The number of hydrogen-bond acceptors (Lipinski definition) is 4. The van der Waals surface area contributed by atoms with Crippen LogP contribution < -0.4 is 0 Å². The molecule has 2 aliphatic rings. The van der Waals surface area contributed by atoms with Crippen LogP contribution in [0.5, 0.6) is 0 Å². The summed E-state index contributed by atoms with van der Waals surface area (Å²) in [5.41, 5.74) is 0.261. The van der Waals surface area contributed by atoms with Crippen LogP contribution in [0.2, 0.25) is 0 Å². The summed E-state index contributed by atoms with van der Waals surface area (Å²) in [5.74, 6) is 0. The molecule has 1 aromatic carbocycles. The van der Waals surface area contributed by atoms with Crippen LogP contribution in [0.15, 0.2) is 24.3 Å². The summed E-state index contributed by atoms with van der Waals surface area (Å²) in [6.45, 7) is 0.701. The molecular weight excluding hydrogens is 252 g/mol. The molecule has 2 unspecified atom stereocenters. The Balaban J connectivity index is 1.84. The maximum absolute atomic E-state index is 10.9. The predicted molar refractivity (Wildman–Crippen MR) is 63.9 cm³/mol. The quantitative estimate of drug-likeness (QED) is 0.497. The average Bonchev–Trinajstić information content (AvgIpc) is 3.13. The number of fused-ring (bicyclic) bond motifs is 1. The summed E-state index contributed by atoms with van der Waals surface area (Å²) >= 11 is 0. The van der Waals surface area contributed by atoms with Crippen molar-refractivity contribution in [2.24, 2.45) is 0 Å². The van der Waals surface area contributed by atoms with Gasteiger partial charge in [0.2, 0.25) is 0 Å². The van der Waals surface area contributed by atoms with Crippen LogP contribution >= 0.6 is 0 Å². The number of ether oxygens (including phenoxy) is 1. The number of carbonyl (C=O) groups is 1. The molecule has 0 aliphatic carbocycles. The van der Waals surface area contributed by atoms with Crippen LogP contribution in [0.4, 0.5) is 10.5 Å². The Morgan fingerprint density at radius 1 is 1.58 bits per heavy atom. The standard InChI is InChI=1S/C12H12N2O5/c15-11(16)13-5-4-12(10(7-13)19-12)8-2-1-3-9(6-8)14(17)18/h1-3,6,10H,4-5,7H2,(H,15,16). The molecule has 0 saturated carbocycles. The highest BCUT2D eigenvalue weighted by Gasteiger charge is 2.60. The zero-order valence-corrected chi connectivity index (χ0v) is 9.98. The summed E-state index contributed by atoms with van der Waals surface area (Å²) in [5, 5.41) is 19.7. The van der Waals surface area contributed by atoms with Crippen molar-refractivity contribution in [1.29, 1.82) is 0 Å². The molecule has 19 heavy (non-hydrogen) atoms. The van der Waals surface area contributed by atoms with E-state index in [4.69, 9.17) is 9.84 Å². The summed E-state index contributed by atoms with van der Waals surface area (Å²) in [6, 6.07) is 6.37. The Kier molecular flexibility index (Phi) is 2.46. The Bertz CT molecular complexity index is 561. The monoisotopic (exact) mass is 264 g/mol. The van der Waals surface area contributed by atoms with Gasteiger partial charge in [0.15, 0.2) is 0 Å². The minimum Gasteiger partial charge on any atom is -0.465 e. The van der Waals surface area contributed by atoms with Crippen molar-refractivity contribution in [1.82, 2.24) is 4.90 Å². The normalized spacial score (nSPS) is 28.6. The minimum absolute atomic E-state index is 0.0294. The number of hydrogen-bond donors (Lipinski definition) is 1. The number of nitro groups is 1. The van der Waals surface area contributed by atoms with E-state index >= 15 is 0 Å². The molecule has 2 aliphatic heterocycles. The lowest BCUT2D eigenvalue weighted by atomic mass is 9.89. The number of carboxylic acid groups (broad SMARTS) is 1. The second-order valence-corrected chi connectivity index (χ2v) is 4.78. The number of likely N-dealkylation sites (tertiary alicyclic amines) is 1. The van der Waals surface area contributed by atoms with Gasteiger partial charge < -0.3 is 14.7 Å². The molecule has 100 valence electrons. The van der Waals surface area contributed by atoms with Crippen molar-refractivity contribution in [2.45, 2.75) is 18.1 Å². The van der Waals surface area contributed by atoms with E-state index in [1.807, 2.05) is 0 Å². The first-order valence-corrected chi connectivity index (χ1v) is 5.93. The van der Waals surface area contributed by atoms with E-state index in [1.165, 1.54) is 17.0 Å². The number of non-ortho nitro benzene ring substituents is 1. The van der Waals surface area contributed by atoms with Crippen molar-refractivity contribution in [3.05, 3.63) is 39.9 Å². The largest absolute Gasteiger partial charge is 0.465 e. The summed E-state index contributed by atoms with van der Waals surface area (Å²) in [7, 11) is 0. The van der Waals surface area contributed by atoms with E-state index in [-0.39, 0.29) is 11.8 Å². The third-order valence-corrected chi connectivity index (χ3v) is 3.77. The predicted octanol–water partition coefficient (Wildman–Crippen LogP) is 1.57. The smallest absolute Gasteiger partial charge is 0.407 e. The molecule has 2 heterocycles. The third-order valence-electron chi connectivity index (χ3n) is 3.77. The fourth-order valence-corrected chi connectivity index (χ4v) is 2.67. The summed E-state index contributed by atoms with van der Waals surface area (Å²) in [4.78, 5) is 22.5. The maximum atomic E-state index is 10.9. The third kappa shape index (κ3) is 1.82. The van der Waals surface area contributed by atoms with Crippen LogP contribution in [0, 0.1) is 10.1 Å².